The molecule has 162 valence electrons. The van der Waals surface area contributed by atoms with Crippen LogP contribution >= 0.6 is 0 Å². The van der Waals surface area contributed by atoms with Crippen LogP contribution in [0.5, 0.6) is 0 Å². The lowest BCUT2D eigenvalue weighted by molar-refractivity contribution is 0.0635. The number of carbonyl (C=O) groups is 2. The maximum absolute atomic E-state index is 12.0. The van der Waals surface area contributed by atoms with Crippen molar-refractivity contribution in [2.24, 2.45) is 0 Å². The number of hydrogen-bond acceptors (Lipinski definition) is 5. The van der Waals surface area contributed by atoms with Crippen molar-refractivity contribution in [3.63, 3.8) is 0 Å². The third-order valence-electron chi connectivity index (χ3n) is 4.80. The lowest BCUT2D eigenvalue weighted by Crippen LogP contribution is -2.27. The Morgan fingerprint density at radius 1 is 1.26 bits per heavy atom. The Morgan fingerprint density at radius 2 is 2.06 bits per heavy atom. The van der Waals surface area contributed by atoms with Gasteiger partial charge in [0.15, 0.2) is 0 Å². The maximum atomic E-state index is 12.0. The van der Waals surface area contributed by atoms with Gasteiger partial charge in [-0.15, -0.1) is 6.42 Å². The Balaban J connectivity index is 1.67. The van der Waals surface area contributed by atoms with Crippen LogP contribution in [0.3, 0.4) is 0 Å². The molecule has 0 aliphatic heterocycles. The number of ether oxygens (including phenoxy) is 1. The van der Waals surface area contributed by atoms with E-state index in [4.69, 9.17) is 11.2 Å². The molecule has 0 fully saturated rings. The number of anilines is 2. The molecule has 1 aliphatic carbocycles. The van der Waals surface area contributed by atoms with Gasteiger partial charge >= 0.3 is 6.09 Å². The van der Waals surface area contributed by atoms with Gasteiger partial charge in [-0.05, 0) is 75.4 Å². The van der Waals surface area contributed by atoms with Gasteiger partial charge in [0.25, 0.3) is 5.91 Å². The zero-order valence-electron chi connectivity index (χ0n) is 18.1. The van der Waals surface area contributed by atoms with Gasteiger partial charge in [-0.25, -0.2) is 9.78 Å². The highest BCUT2D eigenvalue weighted by Crippen LogP contribution is 2.33. The predicted octanol–water partition coefficient (Wildman–Crippen LogP) is 4.28. The monoisotopic (exact) mass is 420 g/mol. The molecule has 3 N–H and O–H groups in total. The molecule has 0 saturated carbocycles. The van der Waals surface area contributed by atoms with Crippen LogP contribution in [0.2, 0.25) is 0 Å². The van der Waals surface area contributed by atoms with Gasteiger partial charge in [0.05, 0.1) is 18.2 Å². The molecule has 1 aliphatic rings. The molecule has 1 aromatic heterocycles. The van der Waals surface area contributed by atoms with Crippen LogP contribution in [0.1, 0.15) is 61.1 Å². The molecule has 1 heterocycles. The number of aromatic nitrogens is 1. The summed E-state index contributed by atoms with van der Waals surface area (Å²) in [5, 5.41) is 8.87. The molecule has 0 bridgehead atoms. The van der Waals surface area contributed by atoms with E-state index in [2.05, 4.69) is 26.9 Å². The summed E-state index contributed by atoms with van der Waals surface area (Å²) in [5.74, 6) is 2.82. The number of hydrogen-bond donors (Lipinski definition) is 3. The smallest absolute Gasteiger partial charge is 0.412 e. The number of benzene rings is 1. The van der Waals surface area contributed by atoms with Crippen LogP contribution in [-0.2, 0) is 11.2 Å². The first-order chi connectivity index (χ1) is 14.7. The van der Waals surface area contributed by atoms with Crippen molar-refractivity contribution >= 4 is 23.5 Å². The number of pyridine rings is 1. The van der Waals surface area contributed by atoms with Crippen LogP contribution in [0.25, 0.3) is 0 Å². The minimum Gasteiger partial charge on any atom is -0.444 e. The maximum Gasteiger partial charge on any atom is 0.412 e. The molecule has 0 spiro atoms. The van der Waals surface area contributed by atoms with Crippen molar-refractivity contribution in [1.29, 1.82) is 0 Å². The Labute approximate surface area is 183 Å². The van der Waals surface area contributed by atoms with Gasteiger partial charge < -0.3 is 15.4 Å². The average molecular weight is 421 g/mol. The highest BCUT2D eigenvalue weighted by atomic mass is 16.6. The van der Waals surface area contributed by atoms with E-state index in [1.54, 1.807) is 12.1 Å². The minimum atomic E-state index is -0.544. The number of amides is 2. The van der Waals surface area contributed by atoms with E-state index in [-0.39, 0.29) is 18.5 Å². The summed E-state index contributed by atoms with van der Waals surface area (Å²) in [4.78, 5) is 28.4. The molecule has 0 saturated heterocycles. The van der Waals surface area contributed by atoms with Gasteiger partial charge in [0.1, 0.15) is 11.4 Å². The molecular formula is C24H28N4O3. The lowest BCUT2D eigenvalue weighted by Gasteiger charge is -2.27. The second kappa shape index (κ2) is 9.52. The van der Waals surface area contributed by atoms with Crippen molar-refractivity contribution in [3.8, 4) is 12.3 Å². The van der Waals surface area contributed by atoms with Crippen molar-refractivity contribution in [3.05, 3.63) is 53.2 Å². The van der Waals surface area contributed by atoms with Crippen LogP contribution in [-0.4, -0.2) is 29.1 Å². The number of terminal acetylenes is 1. The van der Waals surface area contributed by atoms with E-state index < -0.39 is 11.7 Å². The van der Waals surface area contributed by atoms with E-state index >= 15 is 0 Å². The zero-order valence-corrected chi connectivity index (χ0v) is 18.1. The first-order valence-electron chi connectivity index (χ1n) is 10.3. The third-order valence-corrected chi connectivity index (χ3v) is 4.80. The molecule has 0 radical (unpaired) electrons. The lowest BCUT2D eigenvalue weighted by atomic mass is 9.87. The van der Waals surface area contributed by atoms with Crippen LogP contribution in [0.15, 0.2) is 36.5 Å². The fourth-order valence-corrected chi connectivity index (χ4v) is 3.49. The summed E-state index contributed by atoms with van der Waals surface area (Å²) in [6, 6.07) is 9.53. The standard InChI is InChI=1S/C24H28N4O3/c1-5-13-25-22(29)17-9-12-21(26-15-17)28-20-8-6-7-16-14-18(10-11-19(16)20)27-23(30)31-24(2,3)4/h1,9-12,14-15,20H,6-8,13H2,2-4H3,(H,25,29)(H,26,28)(H,27,30). The third kappa shape index (κ3) is 6.22. The highest BCUT2D eigenvalue weighted by Gasteiger charge is 2.22. The summed E-state index contributed by atoms with van der Waals surface area (Å²) in [6.45, 7) is 5.68. The highest BCUT2D eigenvalue weighted by molar-refractivity contribution is 5.94. The fourth-order valence-electron chi connectivity index (χ4n) is 3.49. The SMILES string of the molecule is C#CCNC(=O)c1ccc(NC2CCCc3cc(NC(=O)OC(C)(C)C)ccc32)nc1. The quantitative estimate of drug-likeness (QED) is 0.628. The second-order valence-corrected chi connectivity index (χ2v) is 8.45. The molecule has 1 atom stereocenters. The summed E-state index contributed by atoms with van der Waals surface area (Å²) >= 11 is 0. The number of rotatable bonds is 5. The molecule has 7 nitrogen and oxygen atoms in total. The summed E-state index contributed by atoms with van der Waals surface area (Å²) in [5.41, 5.74) is 3.00. The molecular weight excluding hydrogens is 392 g/mol. The van der Waals surface area contributed by atoms with E-state index in [9.17, 15) is 9.59 Å². The molecule has 2 aromatic rings. The molecule has 1 unspecified atom stereocenters. The summed E-state index contributed by atoms with van der Waals surface area (Å²) in [6.07, 6.45) is 9.17. The van der Waals surface area contributed by atoms with E-state index in [0.717, 1.165) is 19.3 Å². The average Bonchev–Trinajstić information content (AvgIpc) is 2.71. The Morgan fingerprint density at radius 3 is 2.74 bits per heavy atom. The van der Waals surface area contributed by atoms with Crippen LogP contribution < -0.4 is 16.0 Å². The number of carbonyl (C=O) groups excluding carboxylic acids is 2. The molecule has 1 aromatic carbocycles. The van der Waals surface area contributed by atoms with Crippen molar-refractivity contribution in [2.75, 3.05) is 17.2 Å². The van der Waals surface area contributed by atoms with Crippen molar-refractivity contribution in [2.45, 2.75) is 51.7 Å². The first-order valence-corrected chi connectivity index (χ1v) is 10.3. The van der Waals surface area contributed by atoms with Crippen LogP contribution in [0.4, 0.5) is 16.3 Å². The largest absolute Gasteiger partial charge is 0.444 e. The molecule has 7 heteroatoms. The zero-order chi connectivity index (χ0) is 22.4. The van der Waals surface area contributed by atoms with Gasteiger partial charge in [-0.2, -0.15) is 0 Å². The van der Waals surface area contributed by atoms with E-state index in [1.165, 1.54) is 17.3 Å². The number of nitrogens with one attached hydrogen (secondary N) is 3. The van der Waals surface area contributed by atoms with Crippen LogP contribution in [0, 0.1) is 12.3 Å². The Bertz CT molecular complexity index is 987. The Hall–Kier alpha value is -3.53. The molecule has 3 rings (SSSR count). The topological polar surface area (TPSA) is 92.4 Å². The minimum absolute atomic E-state index is 0.105. The summed E-state index contributed by atoms with van der Waals surface area (Å²) < 4.78 is 5.33. The fraction of sp³-hybridized carbons (Fsp3) is 0.375. The Kier molecular flexibility index (Phi) is 6.81. The van der Waals surface area contributed by atoms with Gasteiger partial charge in [-0.1, -0.05) is 12.0 Å². The predicted molar refractivity (Wildman–Crippen MR) is 121 cm³/mol. The molecule has 2 amide bonds. The van der Waals surface area contributed by atoms with Gasteiger partial charge in [-0.3, -0.25) is 10.1 Å². The number of aryl methyl sites for hydroxylation is 1. The van der Waals surface area contributed by atoms with Crippen molar-refractivity contribution in [1.82, 2.24) is 10.3 Å². The summed E-state index contributed by atoms with van der Waals surface area (Å²) in [7, 11) is 0. The van der Waals surface area contributed by atoms with Gasteiger partial charge in [0.2, 0.25) is 0 Å². The van der Waals surface area contributed by atoms with E-state index in [1.807, 2.05) is 39.0 Å². The normalized spacial score (nSPS) is 15.2. The number of nitrogens with zero attached hydrogens (tertiary/aromatic N) is 1. The second-order valence-electron chi connectivity index (χ2n) is 8.45. The van der Waals surface area contributed by atoms with E-state index in [0.29, 0.717) is 17.1 Å². The van der Waals surface area contributed by atoms with Gasteiger partial charge in [0, 0.05) is 11.9 Å². The number of fused-ring (bicyclic) bond motifs is 1. The van der Waals surface area contributed by atoms with Crippen molar-refractivity contribution < 1.29 is 14.3 Å². The molecule has 31 heavy (non-hydrogen) atoms. The first kappa shape index (κ1) is 22.2.